The molecule has 3 N–H and O–H groups in total. The van der Waals surface area contributed by atoms with Gasteiger partial charge < -0.3 is 15.8 Å². The molecule has 0 spiro atoms. The van der Waals surface area contributed by atoms with Gasteiger partial charge in [-0.2, -0.15) is 0 Å². The van der Waals surface area contributed by atoms with Gasteiger partial charge in [0, 0.05) is 12.3 Å². The first-order valence-corrected chi connectivity index (χ1v) is 9.02. The van der Waals surface area contributed by atoms with Crippen molar-refractivity contribution in [2.75, 3.05) is 10.6 Å². The van der Waals surface area contributed by atoms with E-state index >= 15 is 0 Å². The average molecular weight is 406 g/mol. The first-order chi connectivity index (χ1) is 13.5. The molecule has 0 fully saturated rings. The van der Waals surface area contributed by atoms with Gasteiger partial charge in [-0.15, -0.1) is 0 Å². The van der Waals surface area contributed by atoms with Crippen LogP contribution in [-0.2, 0) is 9.53 Å². The van der Waals surface area contributed by atoms with Gasteiger partial charge in [0.25, 0.3) is 5.91 Å². The second-order valence-corrected chi connectivity index (χ2v) is 7.32. The van der Waals surface area contributed by atoms with Crippen molar-refractivity contribution in [3.05, 3.63) is 48.2 Å². The van der Waals surface area contributed by atoms with Gasteiger partial charge in [0.2, 0.25) is 0 Å². The Morgan fingerprint density at radius 1 is 1.24 bits per heavy atom. The number of nitrogens with two attached hydrogens (primary N) is 1. The van der Waals surface area contributed by atoms with Gasteiger partial charge in [-0.25, -0.2) is 18.6 Å². The molecule has 7 nitrogen and oxygen atoms in total. The highest BCUT2D eigenvalue weighted by Crippen LogP contribution is 2.30. The highest BCUT2D eigenvalue weighted by molar-refractivity contribution is 6.05. The second-order valence-electron chi connectivity index (χ2n) is 7.32. The molecule has 1 aromatic carbocycles. The summed E-state index contributed by atoms with van der Waals surface area (Å²) in [5.41, 5.74) is 5.20. The summed E-state index contributed by atoms with van der Waals surface area (Å²) in [6.07, 6.45) is 0.792. The molecule has 2 rings (SSSR count). The lowest BCUT2D eigenvalue weighted by atomic mass is 10.1. The molecule has 9 heteroatoms. The maximum atomic E-state index is 13.8. The number of halogens is 2. The quantitative estimate of drug-likeness (QED) is 0.785. The van der Waals surface area contributed by atoms with E-state index in [0.717, 1.165) is 17.0 Å². The van der Waals surface area contributed by atoms with Crippen molar-refractivity contribution in [2.24, 2.45) is 0 Å². The number of pyridine rings is 1. The number of nitrogen functional groups attached to an aromatic ring is 1. The van der Waals surface area contributed by atoms with Gasteiger partial charge >= 0.3 is 6.09 Å². The molecule has 0 aliphatic rings. The van der Waals surface area contributed by atoms with Gasteiger partial charge in [0.15, 0.2) is 5.82 Å². The van der Waals surface area contributed by atoms with E-state index < -0.39 is 35.3 Å². The molecule has 0 aliphatic carbocycles. The number of rotatable bonds is 5. The summed E-state index contributed by atoms with van der Waals surface area (Å²) >= 11 is 0. The predicted octanol–water partition coefficient (Wildman–Crippen LogP) is 3.91. The number of alkyl carbamates (subject to hydrolysis) is 1. The lowest BCUT2D eigenvalue weighted by Gasteiger charge is -2.28. The molecule has 2 amide bonds. The summed E-state index contributed by atoms with van der Waals surface area (Å²) < 4.78 is 32.8. The zero-order valence-electron chi connectivity index (χ0n) is 16.7. The van der Waals surface area contributed by atoms with Crippen LogP contribution in [0.4, 0.5) is 30.8 Å². The summed E-state index contributed by atoms with van der Waals surface area (Å²) in [6, 6.07) is 4.66. The smallest absolute Gasteiger partial charge is 0.408 e. The van der Waals surface area contributed by atoms with E-state index in [1.807, 2.05) is 0 Å². The fourth-order valence-electron chi connectivity index (χ4n) is 2.56. The highest BCUT2D eigenvalue weighted by atomic mass is 19.1. The molecule has 0 saturated carbocycles. The van der Waals surface area contributed by atoms with Crippen molar-refractivity contribution >= 4 is 29.2 Å². The number of anilines is 3. The Kier molecular flexibility index (Phi) is 6.73. The molecule has 0 radical (unpaired) electrons. The minimum absolute atomic E-state index is 0.00746. The third-order valence-electron chi connectivity index (χ3n) is 3.75. The van der Waals surface area contributed by atoms with Gasteiger partial charge in [-0.3, -0.25) is 9.69 Å². The van der Waals surface area contributed by atoms with Crippen LogP contribution in [0.15, 0.2) is 36.5 Å². The lowest BCUT2D eigenvalue weighted by molar-refractivity contribution is -0.120. The van der Waals surface area contributed by atoms with E-state index in [4.69, 9.17) is 10.5 Å². The van der Waals surface area contributed by atoms with E-state index in [-0.39, 0.29) is 23.6 Å². The molecule has 29 heavy (non-hydrogen) atoms. The first-order valence-electron chi connectivity index (χ1n) is 9.02. The van der Waals surface area contributed by atoms with E-state index in [2.05, 4.69) is 10.3 Å². The molecule has 1 atom stereocenters. The topological polar surface area (TPSA) is 97.5 Å². The van der Waals surface area contributed by atoms with E-state index in [1.54, 1.807) is 33.8 Å². The Morgan fingerprint density at radius 3 is 2.38 bits per heavy atom. The molecule has 0 bridgehead atoms. The monoisotopic (exact) mass is 406 g/mol. The van der Waals surface area contributed by atoms with E-state index in [0.29, 0.717) is 6.07 Å². The Balaban J connectivity index is 2.45. The van der Waals surface area contributed by atoms with Crippen LogP contribution < -0.4 is 16.0 Å². The number of nitrogens with zero attached hydrogens (tertiary/aromatic N) is 2. The minimum atomic E-state index is -1.04. The number of carbonyl (C=O) groups excluding carboxylic acids is 2. The number of hydrogen-bond acceptors (Lipinski definition) is 5. The highest BCUT2D eigenvalue weighted by Gasteiger charge is 2.31. The predicted molar refractivity (Wildman–Crippen MR) is 106 cm³/mol. The molecule has 156 valence electrons. The Labute approximate surface area is 167 Å². The van der Waals surface area contributed by atoms with Gasteiger partial charge in [0.05, 0.1) is 11.4 Å². The first kappa shape index (κ1) is 22.1. The van der Waals surface area contributed by atoms with Gasteiger partial charge in [-0.05, 0) is 51.5 Å². The zero-order chi connectivity index (χ0) is 21.8. The minimum Gasteiger partial charge on any atom is -0.444 e. The summed E-state index contributed by atoms with van der Waals surface area (Å²) in [4.78, 5) is 30.5. The third-order valence-corrected chi connectivity index (χ3v) is 3.75. The van der Waals surface area contributed by atoms with Crippen LogP contribution in [0, 0.1) is 11.6 Å². The molecule has 2 aromatic rings. The summed E-state index contributed by atoms with van der Waals surface area (Å²) in [7, 11) is 0. The lowest BCUT2D eigenvalue weighted by Crippen LogP contribution is -2.48. The number of hydrogen-bond donors (Lipinski definition) is 2. The second kappa shape index (κ2) is 8.85. The summed E-state index contributed by atoms with van der Waals surface area (Å²) in [5, 5.41) is 2.48. The standard InChI is InChI=1S/C20H24F2N4O3/c1-5-16(25-19(28)29-20(2,3)4)18(27)26(17-15(23)7-6-8-24-17)14-10-12(21)9-13(22)11-14/h6-11,16H,5,23H2,1-4H3,(H,25,28). The molecule has 1 aromatic heterocycles. The molecule has 1 unspecified atom stereocenters. The van der Waals surface area contributed by atoms with Crippen LogP contribution in [-0.4, -0.2) is 28.6 Å². The fourth-order valence-corrected chi connectivity index (χ4v) is 2.56. The van der Waals surface area contributed by atoms with Crippen LogP contribution >= 0.6 is 0 Å². The van der Waals surface area contributed by atoms with Gasteiger partial charge in [-0.1, -0.05) is 6.92 Å². The number of nitrogens with one attached hydrogen (secondary N) is 1. The molecule has 0 aliphatic heterocycles. The molecular weight excluding hydrogens is 382 g/mol. The Morgan fingerprint density at radius 2 is 1.86 bits per heavy atom. The Bertz CT molecular complexity index is 879. The maximum Gasteiger partial charge on any atom is 0.408 e. The third kappa shape index (κ3) is 5.87. The summed E-state index contributed by atoms with van der Waals surface area (Å²) in [5.74, 6) is -2.43. The van der Waals surface area contributed by atoms with Crippen molar-refractivity contribution in [3.63, 3.8) is 0 Å². The number of ether oxygens (including phenoxy) is 1. The van der Waals surface area contributed by atoms with Crippen molar-refractivity contribution < 1.29 is 23.1 Å². The summed E-state index contributed by atoms with van der Waals surface area (Å²) in [6.45, 7) is 6.73. The molecular formula is C20H24F2N4O3. The van der Waals surface area contributed by atoms with E-state index in [9.17, 15) is 18.4 Å². The number of carbonyl (C=O) groups is 2. The Hall–Kier alpha value is -3.23. The maximum absolute atomic E-state index is 13.8. The average Bonchev–Trinajstić information content (AvgIpc) is 2.59. The molecule has 0 saturated heterocycles. The van der Waals surface area contributed by atoms with Crippen LogP contribution in [0.25, 0.3) is 0 Å². The van der Waals surface area contributed by atoms with Crippen LogP contribution in [0.5, 0.6) is 0 Å². The van der Waals surface area contributed by atoms with Crippen LogP contribution in [0.2, 0.25) is 0 Å². The van der Waals surface area contributed by atoms with Crippen LogP contribution in [0.1, 0.15) is 34.1 Å². The normalized spacial score (nSPS) is 12.2. The number of amides is 2. The molecule has 1 heterocycles. The van der Waals surface area contributed by atoms with E-state index in [1.165, 1.54) is 12.3 Å². The fraction of sp³-hybridized carbons (Fsp3) is 0.350. The van der Waals surface area contributed by atoms with Crippen molar-refractivity contribution in [2.45, 2.75) is 45.8 Å². The number of aromatic nitrogens is 1. The van der Waals surface area contributed by atoms with Crippen molar-refractivity contribution in [1.82, 2.24) is 10.3 Å². The zero-order valence-corrected chi connectivity index (χ0v) is 16.7. The van der Waals surface area contributed by atoms with Crippen LogP contribution in [0.3, 0.4) is 0 Å². The SMILES string of the molecule is CCC(NC(=O)OC(C)(C)C)C(=O)N(c1cc(F)cc(F)c1)c1ncccc1N. The van der Waals surface area contributed by atoms with Crippen molar-refractivity contribution in [1.29, 1.82) is 0 Å². The van der Waals surface area contributed by atoms with Crippen molar-refractivity contribution in [3.8, 4) is 0 Å². The number of benzene rings is 1. The largest absolute Gasteiger partial charge is 0.444 e. The van der Waals surface area contributed by atoms with Gasteiger partial charge in [0.1, 0.15) is 23.3 Å².